The molecule has 3 aromatic rings. The number of aromatic amines is 2. The van der Waals surface area contributed by atoms with Gasteiger partial charge in [0.25, 0.3) is 0 Å². The molecule has 2 aromatic heterocycles. The summed E-state index contributed by atoms with van der Waals surface area (Å²) in [6, 6.07) is 7.77. The molecule has 216 valence electrons. The highest BCUT2D eigenvalue weighted by Crippen LogP contribution is 2.32. The van der Waals surface area contributed by atoms with Crippen LogP contribution in [0.4, 0.5) is 4.79 Å². The molecule has 5 rings (SSSR count). The normalized spacial score (nSPS) is 20.0. The summed E-state index contributed by atoms with van der Waals surface area (Å²) in [5, 5.41) is 6.15. The van der Waals surface area contributed by atoms with Crippen LogP contribution in [-0.2, 0) is 9.53 Å². The Morgan fingerprint density at radius 2 is 1.80 bits per heavy atom. The number of rotatable bonds is 9. The highest BCUT2D eigenvalue weighted by atomic mass is 16.5. The smallest absolute Gasteiger partial charge is 0.407 e. The number of imidazole rings is 2. The van der Waals surface area contributed by atoms with Crippen molar-refractivity contribution in [1.29, 1.82) is 0 Å². The van der Waals surface area contributed by atoms with Crippen LogP contribution in [0.25, 0.3) is 23.4 Å². The first kappa shape index (κ1) is 28.4. The summed E-state index contributed by atoms with van der Waals surface area (Å²) in [7, 11) is 1.30. The second kappa shape index (κ2) is 13.0. The Morgan fingerprint density at radius 1 is 1.02 bits per heavy atom. The standard InChI is InChI=1S/C31H39N7O3/c1-20(2)27(37-31(40)41-3)30(39)38-17-7-11-26(38)29-34-19-25(36-29)22-14-12-21(13-15-22)8-4-5-9-23-18-33-28(35-23)24-10-6-16-32-24/h4-5,8-9,12-15,18-20,24,26-27,32H,6-7,10-11,16-17H2,1-3H3,(H,33,35)(H,34,36)(H,37,40)/t24-,26-,27-/m0/s1. The molecule has 4 heterocycles. The Balaban J connectivity index is 1.20. The number of likely N-dealkylation sites (tertiary alicyclic amines) is 1. The van der Waals surface area contributed by atoms with E-state index in [1.807, 2.05) is 49.4 Å². The van der Waals surface area contributed by atoms with E-state index in [9.17, 15) is 9.59 Å². The number of hydrogen-bond donors (Lipinski definition) is 4. The van der Waals surface area contributed by atoms with Crippen molar-refractivity contribution in [2.24, 2.45) is 5.92 Å². The second-order valence-electron chi connectivity index (χ2n) is 10.9. The average Bonchev–Trinajstić information content (AvgIpc) is 3.80. The maximum absolute atomic E-state index is 13.4. The Labute approximate surface area is 240 Å². The first-order valence-corrected chi connectivity index (χ1v) is 14.4. The van der Waals surface area contributed by atoms with Crippen LogP contribution < -0.4 is 10.6 Å². The van der Waals surface area contributed by atoms with Crippen LogP contribution in [0, 0.1) is 5.92 Å². The van der Waals surface area contributed by atoms with Crippen LogP contribution in [0.2, 0.25) is 0 Å². The Bertz CT molecular complexity index is 1380. The Hall–Kier alpha value is -4.18. The van der Waals surface area contributed by atoms with Crippen molar-refractivity contribution in [2.75, 3.05) is 20.2 Å². The van der Waals surface area contributed by atoms with Gasteiger partial charge in [-0.1, -0.05) is 56.3 Å². The van der Waals surface area contributed by atoms with Crippen molar-refractivity contribution in [3.63, 3.8) is 0 Å². The number of allylic oxidation sites excluding steroid dienone is 2. The van der Waals surface area contributed by atoms with Crippen molar-refractivity contribution in [2.45, 2.75) is 57.7 Å². The van der Waals surface area contributed by atoms with Crippen LogP contribution in [-0.4, -0.2) is 63.1 Å². The molecular formula is C31H39N7O3. The van der Waals surface area contributed by atoms with Gasteiger partial charge in [-0.3, -0.25) is 4.79 Å². The molecule has 0 spiro atoms. The van der Waals surface area contributed by atoms with Crippen LogP contribution in [0.15, 0.2) is 48.8 Å². The molecule has 0 unspecified atom stereocenters. The van der Waals surface area contributed by atoms with Gasteiger partial charge in [-0.25, -0.2) is 14.8 Å². The van der Waals surface area contributed by atoms with E-state index in [-0.39, 0.29) is 17.9 Å². The van der Waals surface area contributed by atoms with Crippen LogP contribution >= 0.6 is 0 Å². The predicted octanol–water partition coefficient (Wildman–Crippen LogP) is 5.00. The maximum atomic E-state index is 13.4. The zero-order valence-corrected chi connectivity index (χ0v) is 23.9. The lowest BCUT2D eigenvalue weighted by atomic mass is 10.0. The van der Waals surface area contributed by atoms with Gasteiger partial charge >= 0.3 is 6.09 Å². The van der Waals surface area contributed by atoms with Crippen molar-refractivity contribution in [3.05, 3.63) is 71.7 Å². The fraction of sp³-hybridized carbons (Fsp3) is 0.419. The maximum Gasteiger partial charge on any atom is 0.407 e. The van der Waals surface area contributed by atoms with Gasteiger partial charge in [0, 0.05) is 6.54 Å². The molecule has 1 aromatic carbocycles. The Kier molecular flexibility index (Phi) is 8.98. The van der Waals surface area contributed by atoms with Gasteiger partial charge in [-0.05, 0) is 55.3 Å². The van der Waals surface area contributed by atoms with Gasteiger partial charge in [0.1, 0.15) is 17.7 Å². The summed E-state index contributed by atoms with van der Waals surface area (Å²) in [5.41, 5.74) is 3.99. The highest BCUT2D eigenvalue weighted by molar-refractivity contribution is 5.86. The van der Waals surface area contributed by atoms with Crippen molar-refractivity contribution in [1.82, 2.24) is 35.5 Å². The molecule has 0 bridgehead atoms. The topological polar surface area (TPSA) is 128 Å². The Morgan fingerprint density at radius 3 is 2.54 bits per heavy atom. The third kappa shape index (κ3) is 6.77. The summed E-state index contributed by atoms with van der Waals surface area (Å²) in [4.78, 5) is 43.0. The number of nitrogens with zero attached hydrogens (tertiary/aromatic N) is 3. The van der Waals surface area contributed by atoms with Crippen molar-refractivity contribution < 1.29 is 14.3 Å². The van der Waals surface area contributed by atoms with Crippen LogP contribution in [0.1, 0.15) is 74.5 Å². The van der Waals surface area contributed by atoms with Gasteiger partial charge < -0.3 is 30.2 Å². The molecule has 41 heavy (non-hydrogen) atoms. The van der Waals surface area contributed by atoms with E-state index in [1.165, 1.54) is 13.5 Å². The zero-order valence-electron chi connectivity index (χ0n) is 23.9. The van der Waals surface area contributed by atoms with Crippen LogP contribution in [0.3, 0.4) is 0 Å². The molecule has 4 N–H and O–H groups in total. The lowest BCUT2D eigenvalue weighted by Crippen LogP contribution is -2.51. The van der Waals surface area contributed by atoms with E-state index in [0.29, 0.717) is 12.6 Å². The van der Waals surface area contributed by atoms with Crippen molar-refractivity contribution in [3.8, 4) is 11.3 Å². The van der Waals surface area contributed by atoms with Gasteiger partial charge in [0.15, 0.2) is 0 Å². The van der Waals surface area contributed by atoms with Crippen LogP contribution in [0.5, 0.6) is 0 Å². The molecule has 0 radical (unpaired) electrons. The largest absolute Gasteiger partial charge is 0.453 e. The van der Waals surface area contributed by atoms with Gasteiger partial charge in [-0.15, -0.1) is 0 Å². The van der Waals surface area contributed by atoms with E-state index in [2.05, 4.69) is 60.9 Å². The molecule has 2 aliphatic heterocycles. The number of H-pyrrole nitrogens is 2. The monoisotopic (exact) mass is 557 g/mol. The molecule has 0 saturated carbocycles. The minimum absolute atomic E-state index is 0.0736. The highest BCUT2D eigenvalue weighted by Gasteiger charge is 2.37. The predicted molar refractivity (Wildman–Crippen MR) is 159 cm³/mol. The van der Waals surface area contributed by atoms with Gasteiger partial charge in [-0.2, -0.15) is 0 Å². The molecule has 10 heteroatoms. The summed E-state index contributed by atoms with van der Waals surface area (Å²) in [6.45, 7) is 5.50. The van der Waals surface area contributed by atoms with E-state index < -0.39 is 12.1 Å². The number of aromatic nitrogens is 4. The minimum atomic E-state index is -0.654. The molecule has 3 atom stereocenters. The SMILES string of the molecule is COC(=O)N[C@H](C(=O)N1CCC[C@H]1c1ncc(-c2ccc(C=CC=Cc3cnc([C@@H]4CCCN4)[nH]3)cc2)[nH]1)C(C)C. The number of nitrogens with one attached hydrogen (secondary N) is 4. The van der Waals surface area contributed by atoms with Crippen molar-refractivity contribution >= 4 is 24.2 Å². The number of alkyl carbamates (subject to hydrolysis) is 1. The first-order valence-electron chi connectivity index (χ1n) is 14.4. The number of methoxy groups -OCH3 is 1. The third-order valence-electron chi connectivity index (χ3n) is 7.74. The summed E-state index contributed by atoms with van der Waals surface area (Å²) in [5.74, 6) is 1.57. The third-order valence-corrected chi connectivity index (χ3v) is 7.74. The fourth-order valence-corrected chi connectivity index (χ4v) is 5.48. The molecule has 2 fully saturated rings. The lowest BCUT2D eigenvalue weighted by molar-refractivity contribution is -0.135. The lowest BCUT2D eigenvalue weighted by Gasteiger charge is -2.30. The number of carbonyl (C=O) groups is 2. The molecule has 2 saturated heterocycles. The molecule has 0 aliphatic carbocycles. The van der Waals surface area contributed by atoms with E-state index in [0.717, 1.165) is 60.0 Å². The fourth-order valence-electron chi connectivity index (χ4n) is 5.48. The van der Waals surface area contributed by atoms with E-state index >= 15 is 0 Å². The molecule has 10 nitrogen and oxygen atoms in total. The quantitative estimate of drug-likeness (QED) is 0.274. The minimum Gasteiger partial charge on any atom is -0.453 e. The van der Waals surface area contributed by atoms with E-state index in [4.69, 9.17) is 4.74 Å². The molecule has 2 amide bonds. The number of amides is 2. The van der Waals surface area contributed by atoms with E-state index in [1.54, 1.807) is 0 Å². The van der Waals surface area contributed by atoms with Gasteiger partial charge in [0.2, 0.25) is 5.91 Å². The number of hydrogen-bond acceptors (Lipinski definition) is 6. The molecule has 2 aliphatic rings. The summed E-state index contributed by atoms with van der Waals surface area (Å²) in [6.07, 6.45) is 15.2. The average molecular weight is 558 g/mol. The number of benzene rings is 1. The summed E-state index contributed by atoms with van der Waals surface area (Å²) < 4.78 is 4.73. The number of ether oxygens (including phenoxy) is 1. The zero-order chi connectivity index (χ0) is 28.8. The first-order chi connectivity index (χ1) is 19.9. The number of carbonyl (C=O) groups excluding carboxylic acids is 2. The molecular weight excluding hydrogens is 518 g/mol. The summed E-state index contributed by atoms with van der Waals surface area (Å²) >= 11 is 0. The van der Waals surface area contributed by atoms with Gasteiger partial charge in [0.05, 0.1) is 43.0 Å². The second-order valence-corrected chi connectivity index (χ2v) is 10.9.